The number of hydrogen-bond donors (Lipinski definition) is 2. The molecule has 0 radical (unpaired) electrons. The second-order valence-electron chi connectivity index (χ2n) is 7.68. The van der Waals surface area contributed by atoms with Crippen molar-refractivity contribution in [3.63, 3.8) is 0 Å². The van der Waals surface area contributed by atoms with E-state index in [0.717, 1.165) is 12.8 Å². The summed E-state index contributed by atoms with van der Waals surface area (Å²) in [6, 6.07) is 1.99. The number of aromatic nitrogens is 3. The van der Waals surface area contributed by atoms with Gasteiger partial charge in [0.25, 0.3) is 6.01 Å². The summed E-state index contributed by atoms with van der Waals surface area (Å²) >= 11 is 6.37. The van der Waals surface area contributed by atoms with Crippen LogP contribution >= 0.6 is 11.6 Å². The standard InChI is InChI=1S/C18H23ClN4O6S/c1-30(25)23-4-2-9(3-5-23)28-17-10(19)6-11-16(21-17)22-18(20-11)29-13-8-27-14-12(24)7-26-15(13)14/h6,9,12-15,24H,2-5,7-8H2,1H3,(H,20,21,22)/t12-,13-,14-,15-,30?/m1/s1. The molecule has 0 aromatic carbocycles. The van der Waals surface area contributed by atoms with E-state index in [9.17, 15) is 9.32 Å². The van der Waals surface area contributed by atoms with Crippen molar-refractivity contribution in [2.75, 3.05) is 32.6 Å². The number of ether oxygens (including phenoxy) is 4. The minimum Gasteiger partial charge on any atom is -0.473 e. The first kappa shape index (κ1) is 20.4. The molecule has 0 saturated carbocycles. The van der Waals surface area contributed by atoms with E-state index in [4.69, 9.17) is 30.5 Å². The molecule has 2 aromatic rings. The van der Waals surface area contributed by atoms with Gasteiger partial charge in [-0.15, -0.1) is 0 Å². The number of aliphatic hydroxyl groups is 1. The number of pyridine rings is 1. The van der Waals surface area contributed by atoms with E-state index in [-0.39, 0.29) is 37.0 Å². The van der Waals surface area contributed by atoms with Crippen molar-refractivity contribution < 1.29 is 28.3 Å². The lowest BCUT2D eigenvalue weighted by Crippen LogP contribution is -2.38. The highest BCUT2D eigenvalue weighted by molar-refractivity contribution is 7.81. The summed E-state index contributed by atoms with van der Waals surface area (Å²) in [4.78, 5) is 11.9. The lowest BCUT2D eigenvalue weighted by atomic mass is 10.1. The van der Waals surface area contributed by atoms with Crippen LogP contribution in [0, 0.1) is 0 Å². The SMILES string of the molecule is CS(=O)N1CCC(Oc2nc3nc(O[C@@H]4CO[C@H]5[C@@H]4OC[C@H]5O)[nH]c3cc2Cl)CC1. The first-order chi connectivity index (χ1) is 14.5. The fraction of sp³-hybridized carbons (Fsp3) is 0.667. The smallest absolute Gasteiger partial charge is 0.296 e. The van der Waals surface area contributed by atoms with Crippen molar-refractivity contribution in [2.24, 2.45) is 0 Å². The van der Waals surface area contributed by atoms with E-state index < -0.39 is 17.1 Å². The molecule has 1 unspecified atom stereocenters. The molecule has 0 aliphatic carbocycles. The summed E-state index contributed by atoms with van der Waals surface area (Å²) in [5.41, 5.74) is 1.06. The molecule has 30 heavy (non-hydrogen) atoms. The van der Waals surface area contributed by atoms with Gasteiger partial charge >= 0.3 is 0 Å². The van der Waals surface area contributed by atoms with Gasteiger partial charge in [-0.3, -0.25) is 0 Å². The van der Waals surface area contributed by atoms with Gasteiger partial charge < -0.3 is 29.0 Å². The number of hydrogen-bond acceptors (Lipinski definition) is 8. The molecule has 3 fully saturated rings. The maximum absolute atomic E-state index is 11.6. The van der Waals surface area contributed by atoms with E-state index in [0.29, 0.717) is 41.8 Å². The van der Waals surface area contributed by atoms with Gasteiger partial charge in [-0.1, -0.05) is 11.6 Å². The molecule has 5 rings (SSSR count). The van der Waals surface area contributed by atoms with Crippen LogP contribution in [0.4, 0.5) is 0 Å². The quantitative estimate of drug-likeness (QED) is 0.670. The minimum atomic E-state index is -0.964. The Morgan fingerprint density at radius 1 is 1.23 bits per heavy atom. The molecule has 2 aromatic heterocycles. The molecule has 3 aliphatic heterocycles. The Labute approximate surface area is 180 Å². The van der Waals surface area contributed by atoms with E-state index in [1.165, 1.54) is 0 Å². The number of halogens is 1. The molecule has 12 heteroatoms. The van der Waals surface area contributed by atoms with Crippen LogP contribution in [0.1, 0.15) is 12.8 Å². The number of fused-ring (bicyclic) bond motifs is 2. The highest BCUT2D eigenvalue weighted by atomic mass is 35.5. The molecule has 5 atom stereocenters. The highest BCUT2D eigenvalue weighted by Crippen LogP contribution is 2.32. The van der Waals surface area contributed by atoms with Crippen molar-refractivity contribution in [3.8, 4) is 11.9 Å². The number of rotatable bonds is 5. The Kier molecular flexibility index (Phi) is 5.58. The number of aromatic amines is 1. The number of nitrogens with one attached hydrogen (secondary N) is 1. The summed E-state index contributed by atoms with van der Waals surface area (Å²) in [6.07, 6.45) is 1.44. The van der Waals surface area contributed by atoms with E-state index in [1.54, 1.807) is 12.3 Å². The average Bonchev–Trinajstić information content (AvgIpc) is 3.40. The summed E-state index contributed by atoms with van der Waals surface area (Å²) in [6.45, 7) is 1.96. The van der Waals surface area contributed by atoms with Gasteiger partial charge in [0.2, 0.25) is 5.88 Å². The van der Waals surface area contributed by atoms with E-state index in [1.807, 2.05) is 4.31 Å². The molecule has 164 valence electrons. The van der Waals surface area contributed by atoms with Crippen molar-refractivity contribution in [2.45, 2.75) is 43.4 Å². The first-order valence-corrected chi connectivity index (χ1v) is 11.8. The Morgan fingerprint density at radius 2 is 2.00 bits per heavy atom. The predicted molar refractivity (Wildman–Crippen MR) is 108 cm³/mol. The number of nitrogens with zero attached hydrogens (tertiary/aromatic N) is 3. The monoisotopic (exact) mass is 458 g/mol. The minimum absolute atomic E-state index is 0.0413. The van der Waals surface area contributed by atoms with Gasteiger partial charge in [-0.25, -0.2) is 8.51 Å². The van der Waals surface area contributed by atoms with Crippen LogP contribution in [-0.4, -0.2) is 91.7 Å². The van der Waals surface area contributed by atoms with Gasteiger partial charge in [0.15, 0.2) is 11.8 Å². The Hall–Kier alpha value is -1.50. The van der Waals surface area contributed by atoms with Crippen LogP contribution < -0.4 is 9.47 Å². The van der Waals surface area contributed by atoms with Gasteiger partial charge in [-0.05, 0) is 18.9 Å². The maximum atomic E-state index is 11.6. The lowest BCUT2D eigenvalue weighted by Gasteiger charge is -2.29. The third-order valence-corrected chi connectivity index (χ3v) is 7.02. The van der Waals surface area contributed by atoms with Crippen LogP contribution in [-0.2, 0) is 20.5 Å². The molecule has 0 amide bonds. The predicted octanol–water partition coefficient (Wildman–Crippen LogP) is 0.654. The second-order valence-corrected chi connectivity index (χ2v) is 9.45. The Bertz CT molecular complexity index is 952. The zero-order valence-electron chi connectivity index (χ0n) is 16.3. The normalized spacial score (nSPS) is 31.2. The van der Waals surface area contributed by atoms with E-state index in [2.05, 4.69) is 15.0 Å². The summed E-state index contributed by atoms with van der Waals surface area (Å²) < 4.78 is 36.5. The molecule has 0 spiro atoms. The van der Waals surface area contributed by atoms with Crippen LogP contribution in [0.25, 0.3) is 11.2 Å². The highest BCUT2D eigenvalue weighted by Gasteiger charge is 2.48. The molecule has 0 bridgehead atoms. The number of piperidine rings is 1. The largest absolute Gasteiger partial charge is 0.473 e. The topological polar surface area (TPSA) is 119 Å². The van der Waals surface area contributed by atoms with Crippen LogP contribution in [0.2, 0.25) is 5.02 Å². The van der Waals surface area contributed by atoms with Crippen molar-refractivity contribution >= 4 is 33.8 Å². The lowest BCUT2D eigenvalue weighted by molar-refractivity contribution is 0.00706. The first-order valence-electron chi connectivity index (χ1n) is 9.87. The fourth-order valence-electron chi connectivity index (χ4n) is 4.07. The van der Waals surface area contributed by atoms with Crippen LogP contribution in [0.5, 0.6) is 11.9 Å². The maximum Gasteiger partial charge on any atom is 0.296 e. The molecular formula is C18H23ClN4O6S. The van der Waals surface area contributed by atoms with Gasteiger partial charge in [0.1, 0.15) is 29.4 Å². The van der Waals surface area contributed by atoms with Gasteiger partial charge in [-0.2, -0.15) is 9.97 Å². The van der Waals surface area contributed by atoms with Gasteiger partial charge in [0.05, 0.1) is 29.7 Å². The van der Waals surface area contributed by atoms with E-state index >= 15 is 0 Å². The summed E-state index contributed by atoms with van der Waals surface area (Å²) in [5.74, 6) is 0.324. The molecule has 2 N–H and O–H groups in total. The third kappa shape index (κ3) is 3.90. The summed E-state index contributed by atoms with van der Waals surface area (Å²) in [7, 11) is -0.964. The molecule has 3 saturated heterocycles. The zero-order valence-corrected chi connectivity index (χ0v) is 17.9. The molecule has 3 aliphatic rings. The third-order valence-electron chi connectivity index (χ3n) is 5.66. The Morgan fingerprint density at radius 3 is 2.77 bits per heavy atom. The Balaban J connectivity index is 1.27. The number of H-pyrrole nitrogens is 1. The van der Waals surface area contributed by atoms with Crippen LogP contribution in [0.15, 0.2) is 6.07 Å². The van der Waals surface area contributed by atoms with Crippen LogP contribution in [0.3, 0.4) is 0 Å². The van der Waals surface area contributed by atoms with Crippen molar-refractivity contribution in [3.05, 3.63) is 11.1 Å². The summed E-state index contributed by atoms with van der Waals surface area (Å²) in [5, 5.41) is 10.2. The van der Waals surface area contributed by atoms with Crippen molar-refractivity contribution in [1.82, 2.24) is 19.3 Å². The number of aliphatic hydroxyl groups excluding tert-OH is 1. The molecular weight excluding hydrogens is 436 g/mol. The molecule has 5 heterocycles. The van der Waals surface area contributed by atoms with Gasteiger partial charge in [0, 0.05) is 19.3 Å². The zero-order chi connectivity index (χ0) is 20.8. The average molecular weight is 459 g/mol. The van der Waals surface area contributed by atoms with Crippen molar-refractivity contribution in [1.29, 1.82) is 0 Å². The second kappa shape index (κ2) is 8.21. The fourth-order valence-corrected chi connectivity index (χ4v) is 4.99. The molecule has 10 nitrogen and oxygen atoms in total. The number of imidazole rings is 1.